The largest absolute Gasteiger partial charge is 0.439 e. The van der Waals surface area contributed by atoms with Gasteiger partial charge in [-0.05, 0) is 6.42 Å². The zero-order valence-electron chi connectivity index (χ0n) is 4.94. The molecule has 0 bridgehead atoms. The molecule has 1 fully saturated rings. The Balaban J connectivity index is 1.97. The average molecular weight is 113 g/mol. The molecule has 1 radical (unpaired) electrons. The number of epoxide rings is 1. The van der Waals surface area contributed by atoms with E-state index in [1.807, 2.05) is 0 Å². The summed E-state index contributed by atoms with van der Waals surface area (Å²) in [6, 6.07) is 0. The molecule has 8 heavy (non-hydrogen) atoms. The van der Waals surface area contributed by atoms with Gasteiger partial charge in [0.25, 0.3) is 6.10 Å². The summed E-state index contributed by atoms with van der Waals surface area (Å²) in [5.74, 6) is -0.0987. The van der Waals surface area contributed by atoms with Crippen LogP contribution in [0.1, 0.15) is 26.2 Å². The van der Waals surface area contributed by atoms with Crippen molar-refractivity contribution in [3.8, 4) is 0 Å². The Morgan fingerprint density at radius 2 is 2.25 bits per heavy atom. The number of hydrogen-bond acceptors (Lipinski definition) is 2. The van der Waals surface area contributed by atoms with Gasteiger partial charge in [0.1, 0.15) is 0 Å². The normalized spacial score (nSPS) is 18.4. The number of carbonyl (C=O) groups excluding carboxylic acids is 1. The van der Waals surface area contributed by atoms with Gasteiger partial charge in [-0.3, -0.25) is 0 Å². The van der Waals surface area contributed by atoms with Gasteiger partial charge < -0.3 is 4.74 Å². The van der Waals surface area contributed by atoms with Crippen molar-refractivity contribution in [3.05, 3.63) is 6.10 Å². The smallest absolute Gasteiger partial charge is 0.356 e. The summed E-state index contributed by atoms with van der Waals surface area (Å²) in [4.78, 5) is 10.1. The molecule has 0 aromatic heterocycles. The van der Waals surface area contributed by atoms with Gasteiger partial charge in [-0.1, -0.05) is 13.3 Å². The van der Waals surface area contributed by atoms with Crippen LogP contribution in [0.4, 0.5) is 0 Å². The Labute approximate surface area is 48.8 Å². The topological polar surface area (TPSA) is 29.6 Å². The number of cyclic esters (lactones) is 1. The minimum absolute atomic E-state index is 0.0987. The molecule has 45 valence electrons. The van der Waals surface area contributed by atoms with E-state index in [0.29, 0.717) is 6.10 Å². The van der Waals surface area contributed by atoms with E-state index in [9.17, 15) is 4.79 Å². The van der Waals surface area contributed by atoms with Gasteiger partial charge in [0.15, 0.2) is 0 Å². The molecule has 0 N–H and O–H groups in total. The molecule has 0 amide bonds. The zero-order chi connectivity index (χ0) is 5.98. The fraction of sp³-hybridized carbons (Fsp3) is 0.667. The quantitative estimate of drug-likeness (QED) is 0.516. The average Bonchev–Trinajstić information content (AvgIpc) is 2.42. The second-order valence-electron chi connectivity index (χ2n) is 1.92. The lowest BCUT2D eigenvalue weighted by molar-refractivity contribution is -0.117. The highest BCUT2D eigenvalue weighted by molar-refractivity contribution is 5.96. The number of hydrogen-bond donors (Lipinski definition) is 0. The van der Waals surface area contributed by atoms with Crippen molar-refractivity contribution in [1.29, 1.82) is 0 Å². The molecule has 1 saturated heterocycles. The lowest BCUT2D eigenvalue weighted by Crippen LogP contribution is -1.76. The molecule has 0 aromatic carbocycles. The number of carbonyl (C=O) groups is 1. The Bertz CT molecular complexity index is 98.7. The first-order chi connectivity index (χ1) is 3.84. The molecule has 0 atom stereocenters. The minimum Gasteiger partial charge on any atom is -0.439 e. The molecule has 2 heteroatoms. The second kappa shape index (κ2) is 2.16. The summed E-state index contributed by atoms with van der Waals surface area (Å²) in [5.41, 5.74) is 0. The van der Waals surface area contributed by atoms with Crippen molar-refractivity contribution in [3.63, 3.8) is 0 Å². The van der Waals surface area contributed by atoms with Crippen molar-refractivity contribution in [1.82, 2.24) is 0 Å². The highest BCUT2D eigenvalue weighted by Gasteiger charge is 2.39. The third-order valence-corrected chi connectivity index (χ3v) is 1.16. The van der Waals surface area contributed by atoms with Crippen LogP contribution in [0.15, 0.2) is 0 Å². The highest BCUT2D eigenvalue weighted by Crippen LogP contribution is 2.27. The summed E-state index contributed by atoms with van der Waals surface area (Å²) in [6.45, 7) is 2.09. The Kier molecular flexibility index (Phi) is 1.51. The van der Waals surface area contributed by atoms with Crippen LogP contribution in [-0.2, 0) is 9.53 Å². The molecule has 1 aliphatic rings. The van der Waals surface area contributed by atoms with Crippen LogP contribution in [0.5, 0.6) is 0 Å². The maximum absolute atomic E-state index is 10.1. The van der Waals surface area contributed by atoms with Gasteiger partial charge >= 0.3 is 5.97 Å². The Morgan fingerprint density at radius 3 is 2.62 bits per heavy atom. The summed E-state index contributed by atoms with van der Waals surface area (Å²) in [5, 5.41) is 0. The van der Waals surface area contributed by atoms with Crippen molar-refractivity contribution in [2.75, 3.05) is 0 Å². The molecule has 0 aliphatic carbocycles. The van der Waals surface area contributed by atoms with Crippen LogP contribution >= 0.6 is 0 Å². The molecular formula is C6H9O2. The molecule has 2 nitrogen and oxygen atoms in total. The third-order valence-electron chi connectivity index (χ3n) is 1.16. The second-order valence-corrected chi connectivity index (χ2v) is 1.92. The lowest BCUT2D eigenvalue weighted by Gasteiger charge is -1.83. The first-order valence-corrected chi connectivity index (χ1v) is 2.92. The van der Waals surface area contributed by atoms with E-state index < -0.39 is 0 Å². The lowest BCUT2D eigenvalue weighted by atomic mass is 10.2. The predicted octanol–water partition coefficient (Wildman–Crippen LogP) is 1.27. The molecule has 0 aromatic rings. The fourth-order valence-electron chi connectivity index (χ4n) is 0.577. The van der Waals surface area contributed by atoms with Crippen molar-refractivity contribution in [2.24, 2.45) is 0 Å². The van der Waals surface area contributed by atoms with Gasteiger partial charge in [0.05, 0.1) is 0 Å². The molecule has 1 rings (SSSR count). The van der Waals surface area contributed by atoms with Crippen LogP contribution in [0.25, 0.3) is 0 Å². The molecule has 1 aliphatic heterocycles. The minimum atomic E-state index is -0.0987. The highest BCUT2D eigenvalue weighted by atomic mass is 16.6. The van der Waals surface area contributed by atoms with Crippen molar-refractivity contribution >= 4 is 5.97 Å². The number of unbranched alkanes of at least 4 members (excludes halogenated alkanes) is 1. The standard InChI is InChI=1S/C6H9O2/c1-2-3-4-5-6(7)8-5/h2-4H2,1H3. The third kappa shape index (κ3) is 1.22. The molecule has 0 saturated carbocycles. The van der Waals surface area contributed by atoms with E-state index >= 15 is 0 Å². The van der Waals surface area contributed by atoms with E-state index in [1.165, 1.54) is 0 Å². The first kappa shape index (κ1) is 5.60. The van der Waals surface area contributed by atoms with E-state index in [1.54, 1.807) is 0 Å². The Morgan fingerprint density at radius 1 is 1.62 bits per heavy atom. The predicted molar refractivity (Wildman–Crippen MR) is 28.9 cm³/mol. The van der Waals surface area contributed by atoms with Gasteiger partial charge in [-0.15, -0.1) is 0 Å². The van der Waals surface area contributed by atoms with Crippen molar-refractivity contribution in [2.45, 2.75) is 26.2 Å². The number of rotatable bonds is 3. The van der Waals surface area contributed by atoms with Crippen LogP contribution < -0.4 is 0 Å². The maximum Gasteiger partial charge on any atom is 0.356 e. The van der Waals surface area contributed by atoms with E-state index in [4.69, 9.17) is 0 Å². The summed E-state index contributed by atoms with van der Waals surface area (Å²) in [7, 11) is 0. The molecule has 1 heterocycles. The van der Waals surface area contributed by atoms with Gasteiger partial charge in [-0.25, -0.2) is 4.79 Å². The zero-order valence-corrected chi connectivity index (χ0v) is 4.94. The van der Waals surface area contributed by atoms with Crippen LogP contribution in [0.3, 0.4) is 0 Å². The van der Waals surface area contributed by atoms with Crippen LogP contribution in [0, 0.1) is 6.10 Å². The summed E-state index contributed by atoms with van der Waals surface area (Å²) in [6.07, 6.45) is 3.71. The monoisotopic (exact) mass is 113 g/mol. The van der Waals surface area contributed by atoms with Gasteiger partial charge in [0.2, 0.25) is 0 Å². The SMILES string of the molecule is CCCC[C]1OC1=O. The van der Waals surface area contributed by atoms with Gasteiger partial charge in [-0.2, -0.15) is 0 Å². The fourth-order valence-corrected chi connectivity index (χ4v) is 0.577. The maximum atomic E-state index is 10.1. The van der Waals surface area contributed by atoms with E-state index in [0.717, 1.165) is 19.3 Å². The van der Waals surface area contributed by atoms with Gasteiger partial charge in [0, 0.05) is 6.42 Å². The Hall–Kier alpha value is -0.530. The summed E-state index contributed by atoms with van der Waals surface area (Å²) < 4.78 is 4.50. The van der Waals surface area contributed by atoms with Crippen molar-refractivity contribution < 1.29 is 9.53 Å². The molecular weight excluding hydrogens is 104 g/mol. The molecule has 0 spiro atoms. The van der Waals surface area contributed by atoms with Crippen LogP contribution in [-0.4, -0.2) is 5.97 Å². The van der Waals surface area contributed by atoms with Crippen LogP contribution in [0.2, 0.25) is 0 Å². The molecule has 0 unspecified atom stereocenters. The number of ether oxygens (including phenoxy) is 1. The first-order valence-electron chi connectivity index (χ1n) is 2.92. The van der Waals surface area contributed by atoms with E-state index in [-0.39, 0.29) is 5.97 Å². The van der Waals surface area contributed by atoms with E-state index in [2.05, 4.69) is 11.7 Å². The summed E-state index contributed by atoms with van der Waals surface area (Å²) >= 11 is 0.